The normalized spacial score (nSPS) is 12.2. The summed E-state index contributed by atoms with van der Waals surface area (Å²) < 4.78 is 5.44. The number of aliphatic carboxylic acids is 1. The van der Waals surface area contributed by atoms with Crippen molar-refractivity contribution in [1.82, 2.24) is 21.3 Å². The first kappa shape index (κ1) is 36.6. The average Bonchev–Trinajstić information content (AvgIpc) is 2.90. The van der Waals surface area contributed by atoms with Gasteiger partial charge in [-0.05, 0) is 43.4 Å². The molecule has 1 aromatic carbocycles. The number of Topliss-reactive ketones (excluding diaryl/α,β-unsaturated/α-hetero) is 1. The number of ether oxygens (including phenoxy) is 1. The van der Waals surface area contributed by atoms with Crippen LogP contribution in [0.1, 0.15) is 38.2 Å². The third-order valence-corrected chi connectivity index (χ3v) is 5.56. The van der Waals surface area contributed by atoms with Crippen molar-refractivity contribution in [3.05, 3.63) is 55.1 Å². The fourth-order valence-corrected chi connectivity index (χ4v) is 3.48. The van der Waals surface area contributed by atoms with E-state index >= 15 is 0 Å². The minimum Gasteiger partial charge on any atom is -0.490 e. The van der Waals surface area contributed by atoms with Crippen LogP contribution in [0.15, 0.2) is 49.6 Å². The van der Waals surface area contributed by atoms with Crippen LogP contribution in [0.5, 0.6) is 5.75 Å². The van der Waals surface area contributed by atoms with Crippen molar-refractivity contribution in [3.8, 4) is 5.75 Å². The third-order valence-electron chi connectivity index (χ3n) is 5.56. The van der Waals surface area contributed by atoms with Gasteiger partial charge in [0.1, 0.15) is 30.5 Å². The number of amides is 3. The van der Waals surface area contributed by atoms with Gasteiger partial charge in [0.15, 0.2) is 5.96 Å². The lowest BCUT2D eigenvalue weighted by molar-refractivity contribution is -0.142. The van der Waals surface area contributed by atoms with E-state index in [1.807, 2.05) is 0 Å². The summed E-state index contributed by atoms with van der Waals surface area (Å²) >= 11 is 0. The number of carboxylic acid groups (broad SMARTS) is 1. The van der Waals surface area contributed by atoms with Crippen LogP contribution in [0.25, 0.3) is 0 Å². The van der Waals surface area contributed by atoms with E-state index in [9.17, 15) is 29.1 Å². The third kappa shape index (κ3) is 14.5. The minimum atomic E-state index is -1.27. The van der Waals surface area contributed by atoms with Crippen LogP contribution < -0.4 is 31.7 Å². The predicted molar refractivity (Wildman–Crippen MR) is 156 cm³/mol. The number of rotatable bonds is 19. The second-order valence-corrected chi connectivity index (χ2v) is 8.85. The first-order valence-corrected chi connectivity index (χ1v) is 12.6. The number of carboxylic acids is 1. The standard InChI is InChI=1S/C27H38N6O7.ClH/c1-4-8-21(26(38)39)32-24(36)20(9-6-7-14-30-27(28)29)31-25(37)22(33-23(35)17(3)34)16-18-10-12-19(13-11-18)40-15-5-2;/h4-5,10-13,20-22H,1-2,6-9,14-16H2,3H3,(H,31,37)(H,32,36)(H,33,35)(H,38,39)(H4,28,29,30);1H/t20-,21-,22-;/m0./s1. The number of guanidine groups is 1. The van der Waals surface area contributed by atoms with Crippen LogP contribution in [-0.2, 0) is 30.4 Å². The van der Waals surface area contributed by atoms with Gasteiger partial charge >= 0.3 is 5.97 Å². The Morgan fingerprint density at radius 1 is 0.976 bits per heavy atom. The van der Waals surface area contributed by atoms with E-state index in [2.05, 4.69) is 34.4 Å². The maximum absolute atomic E-state index is 13.3. The zero-order chi connectivity index (χ0) is 30.1. The van der Waals surface area contributed by atoms with Crippen LogP contribution in [0.2, 0.25) is 0 Å². The highest BCUT2D eigenvalue weighted by Gasteiger charge is 2.29. The number of ketones is 1. The fourth-order valence-electron chi connectivity index (χ4n) is 3.48. The topological polar surface area (TPSA) is 213 Å². The molecule has 3 amide bonds. The fraction of sp³-hybridized carbons (Fsp3) is 0.407. The lowest BCUT2D eigenvalue weighted by atomic mass is 10.0. The summed E-state index contributed by atoms with van der Waals surface area (Å²) in [6, 6.07) is 3.13. The minimum absolute atomic E-state index is 0. The van der Waals surface area contributed by atoms with Gasteiger partial charge in [-0.15, -0.1) is 19.0 Å². The zero-order valence-corrected chi connectivity index (χ0v) is 23.8. The second kappa shape index (κ2) is 19.6. The molecule has 1 rings (SSSR count). The molecule has 226 valence electrons. The van der Waals surface area contributed by atoms with E-state index in [0.717, 1.165) is 6.92 Å². The second-order valence-electron chi connectivity index (χ2n) is 8.85. The largest absolute Gasteiger partial charge is 0.490 e. The Labute approximate surface area is 245 Å². The average molecular weight is 595 g/mol. The maximum atomic E-state index is 13.3. The van der Waals surface area contributed by atoms with Gasteiger partial charge in [0.2, 0.25) is 17.6 Å². The molecule has 0 saturated heterocycles. The van der Waals surface area contributed by atoms with Crippen molar-refractivity contribution < 1.29 is 33.8 Å². The van der Waals surface area contributed by atoms with Crippen LogP contribution in [0.4, 0.5) is 0 Å². The van der Waals surface area contributed by atoms with E-state index in [1.165, 1.54) is 6.08 Å². The quantitative estimate of drug-likeness (QED) is 0.0391. The summed E-state index contributed by atoms with van der Waals surface area (Å²) in [6.07, 6.45) is 3.94. The van der Waals surface area contributed by atoms with E-state index in [4.69, 9.17) is 15.9 Å². The smallest absolute Gasteiger partial charge is 0.326 e. The number of carbonyl (C=O) groups excluding carboxylic acids is 4. The highest BCUT2D eigenvalue weighted by Crippen LogP contribution is 2.14. The summed E-state index contributed by atoms with van der Waals surface area (Å²) in [6.45, 7) is 8.80. The summed E-state index contributed by atoms with van der Waals surface area (Å²) in [5.41, 5.74) is 5.91. The van der Waals surface area contributed by atoms with Crippen molar-refractivity contribution in [3.63, 3.8) is 0 Å². The van der Waals surface area contributed by atoms with Crippen molar-refractivity contribution in [2.75, 3.05) is 13.2 Å². The molecule has 0 unspecified atom stereocenters. The number of carbonyl (C=O) groups is 5. The number of hydrogen-bond acceptors (Lipinski definition) is 7. The van der Waals surface area contributed by atoms with Gasteiger partial charge in [0.25, 0.3) is 5.91 Å². The van der Waals surface area contributed by atoms with Crippen molar-refractivity contribution >= 4 is 47.8 Å². The molecule has 0 spiro atoms. The molecule has 41 heavy (non-hydrogen) atoms. The molecule has 0 radical (unpaired) electrons. The lowest BCUT2D eigenvalue weighted by Crippen LogP contribution is -2.56. The highest BCUT2D eigenvalue weighted by molar-refractivity contribution is 6.35. The molecule has 0 heterocycles. The predicted octanol–water partition coefficient (Wildman–Crippen LogP) is 0.573. The van der Waals surface area contributed by atoms with Crippen LogP contribution in [0.3, 0.4) is 0 Å². The van der Waals surface area contributed by atoms with Crippen molar-refractivity contribution in [2.45, 2.75) is 57.2 Å². The number of nitrogens with one attached hydrogen (secondary N) is 5. The Bertz CT molecular complexity index is 1080. The van der Waals surface area contributed by atoms with Crippen molar-refractivity contribution in [2.24, 2.45) is 5.73 Å². The number of nitrogens with two attached hydrogens (primary N) is 1. The summed E-state index contributed by atoms with van der Waals surface area (Å²) in [5.74, 6) is -4.15. The zero-order valence-electron chi connectivity index (χ0n) is 22.9. The van der Waals surface area contributed by atoms with Crippen molar-refractivity contribution in [1.29, 1.82) is 5.41 Å². The van der Waals surface area contributed by atoms with E-state index in [-0.39, 0.29) is 37.6 Å². The van der Waals surface area contributed by atoms with Gasteiger partial charge in [-0.25, -0.2) is 4.79 Å². The highest BCUT2D eigenvalue weighted by atomic mass is 35.5. The first-order valence-electron chi connectivity index (χ1n) is 12.6. The molecular weight excluding hydrogens is 556 g/mol. The summed E-state index contributed by atoms with van der Waals surface area (Å²) in [7, 11) is 0. The molecule has 0 saturated carbocycles. The molecule has 3 atom stereocenters. The monoisotopic (exact) mass is 594 g/mol. The van der Waals surface area contributed by atoms with Crippen LogP contribution >= 0.6 is 12.4 Å². The number of benzene rings is 1. The molecule has 0 bridgehead atoms. The Hall–Kier alpha value is -4.39. The van der Waals surface area contributed by atoms with Crippen LogP contribution in [0, 0.1) is 5.41 Å². The number of unbranched alkanes of at least 4 members (excludes halogenated alkanes) is 1. The number of hydrogen-bond donors (Lipinski definition) is 7. The van der Waals surface area contributed by atoms with E-state index < -0.39 is 47.6 Å². The van der Waals surface area contributed by atoms with E-state index in [1.54, 1.807) is 30.3 Å². The van der Waals surface area contributed by atoms with Gasteiger partial charge < -0.3 is 36.8 Å². The SMILES string of the molecule is C=CCOc1ccc(C[C@H](NC(=O)C(C)=O)C(=O)N[C@@H](CCCCNC(=N)N)C(=O)N[C@@H](CC=C)C(=O)O)cc1.Cl. The number of halogens is 1. The first-order chi connectivity index (χ1) is 19.0. The molecule has 0 aliphatic carbocycles. The van der Waals surface area contributed by atoms with Gasteiger partial charge in [-0.3, -0.25) is 24.6 Å². The van der Waals surface area contributed by atoms with Crippen LogP contribution in [-0.4, -0.2) is 71.8 Å². The van der Waals surface area contributed by atoms with Gasteiger partial charge in [0, 0.05) is 19.9 Å². The molecule has 0 aliphatic rings. The molecular formula is C27H39ClN6O7. The van der Waals surface area contributed by atoms with E-state index in [0.29, 0.717) is 37.3 Å². The molecule has 13 nitrogen and oxygen atoms in total. The molecule has 14 heteroatoms. The maximum Gasteiger partial charge on any atom is 0.326 e. The van der Waals surface area contributed by atoms with Gasteiger partial charge in [-0.2, -0.15) is 0 Å². The molecule has 0 fully saturated rings. The Morgan fingerprint density at radius 3 is 2.12 bits per heavy atom. The molecule has 1 aromatic rings. The van der Waals surface area contributed by atoms with Gasteiger partial charge in [-0.1, -0.05) is 30.9 Å². The summed E-state index contributed by atoms with van der Waals surface area (Å²) in [4.78, 5) is 61.6. The lowest BCUT2D eigenvalue weighted by Gasteiger charge is -2.24. The molecule has 0 aliphatic heterocycles. The molecule has 8 N–H and O–H groups in total. The Balaban J connectivity index is 0.0000160. The molecule has 0 aromatic heterocycles. The summed E-state index contributed by atoms with van der Waals surface area (Å²) in [5, 5.41) is 26.6. The Morgan fingerprint density at radius 2 is 1.59 bits per heavy atom. The Kier molecular flexibility index (Phi) is 17.5. The van der Waals surface area contributed by atoms with Gasteiger partial charge in [0.05, 0.1) is 0 Å².